The van der Waals surface area contributed by atoms with Crippen LogP contribution in [0.2, 0.25) is 0 Å². The van der Waals surface area contributed by atoms with Gasteiger partial charge >= 0.3 is 0 Å². The molecule has 0 saturated carbocycles. The molecule has 0 aromatic heterocycles. The molecule has 10 aromatic carbocycles. The summed E-state index contributed by atoms with van der Waals surface area (Å²) in [5, 5.41) is 10.3. The molecule has 0 saturated heterocycles. The lowest BCUT2D eigenvalue weighted by atomic mass is 9.85. The zero-order valence-corrected chi connectivity index (χ0v) is 29.6. The van der Waals surface area contributed by atoms with Crippen molar-refractivity contribution in [3.05, 3.63) is 205 Å². The van der Waals surface area contributed by atoms with Crippen LogP contribution in [-0.4, -0.2) is 0 Å². The normalized spacial score (nSPS) is 12.0. The Morgan fingerprint density at radius 1 is 0.278 bits per heavy atom. The second kappa shape index (κ2) is 12.3. The molecule has 0 radical (unpaired) electrons. The minimum absolute atomic E-state index is 1.18. The third-order valence-electron chi connectivity index (χ3n) is 11.4. The lowest BCUT2D eigenvalue weighted by molar-refractivity contribution is 1.63. The van der Waals surface area contributed by atoms with Gasteiger partial charge in [-0.1, -0.05) is 200 Å². The van der Waals surface area contributed by atoms with Crippen LogP contribution in [0, 0.1) is 0 Å². The van der Waals surface area contributed by atoms with E-state index < -0.39 is 0 Å². The predicted molar refractivity (Wildman–Crippen MR) is 233 cm³/mol. The van der Waals surface area contributed by atoms with Gasteiger partial charge in [0.1, 0.15) is 0 Å². The maximum absolute atomic E-state index is 2.43. The van der Waals surface area contributed by atoms with E-state index in [0.717, 1.165) is 0 Å². The molecule has 0 N–H and O–H groups in total. The monoisotopic (exact) mass is 682 g/mol. The maximum Gasteiger partial charge on any atom is -0.00261 e. The summed E-state index contributed by atoms with van der Waals surface area (Å²) in [6, 6.07) is 71.3. The summed E-state index contributed by atoms with van der Waals surface area (Å²) in [5.41, 5.74) is 15.2. The molecule has 0 amide bonds. The van der Waals surface area contributed by atoms with Crippen LogP contribution in [0.25, 0.3) is 111 Å². The van der Waals surface area contributed by atoms with Gasteiger partial charge in [0, 0.05) is 0 Å². The average Bonchev–Trinajstić information content (AvgIpc) is 3.56. The van der Waals surface area contributed by atoms with Crippen molar-refractivity contribution < 1.29 is 0 Å². The van der Waals surface area contributed by atoms with Gasteiger partial charge in [0.05, 0.1) is 0 Å². The fourth-order valence-electron chi connectivity index (χ4n) is 8.98. The second-order valence-corrected chi connectivity index (χ2v) is 14.4. The molecule has 1 aliphatic carbocycles. The first kappa shape index (κ1) is 30.6. The number of rotatable bonds is 5. The lowest BCUT2D eigenvalue weighted by Gasteiger charge is -2.18. The third-order valence-corrected chi connectivity index (χ3v) is 11.4. The molecule has 0 fully saturated rings. The first-order chi connectivity index (χ1) is 26.8. The van der Waals surface area contributed by atoms with E-state index >= 15 is 0 Å². The van der Waals surface area contributed by atoms with Crippen molar-refractivity contribution in [3.8, 4) is 55.6 Å². The van der Waals surface area contributed by atoms with Gasteiger partial charge in [0.25, 0.3) is 0 Å². The molecule has 1 aliphatic rings. The molecule has 0 heteroatoms. The molecule has 10 aromatic rings. The highest BCUT2D eigenvalue weighted by atomic mass is 14.3. The summed E-state index contributed by atoms with van der Waals surface area (Å²) in [7, 11) is 0. The van der Waals surface area contributed by atoms with Gasteiger partial charge in [0.15, 0.2) is 0 Å². The number of hydrogen-bond acceptors (Lipinski definition) is 0. The summed E-state index contributed by atoms with van der Waals surface area (Å²) in [6.07, 6.45) is 4.49. The Bertz CT molecular complexity index is 3060. The molecule has 0 heterocycles. The molecule has 11 rings (SSSR count). The van der Waals surface area contributed by atoms with Gasteiger partial charge in [-0.3, -0.25) is 0 Å². The van der Waals surface area contributed by atoms with Gasteiger partial charge in [-0.15, -0.1) is 0 Å². The van der Waals surface area contributed by atoms with Gasteiger partial charge in [-0.05, 0) is 116 Å². The molecule has 0 spiro atoms. The van der Waals surface area contributed by atoms with Crippen molar-refractivity contribution in [2.24, 2.45) is 0 Å². The van der Waals surface area contributed by atoms with Crippen molar-refractivity contribution in [1.29, 1.82) is 0 Å². The molecule has 0 unspecified atom stereocenters. The zero-order valence-electron chi connectivity index (χ0n) is 29.6. The van der Waals surface area contributed by atoms with Crippen LogP contribution >= 0.6 is 0 Å². The average molecular weight is 683 g/mol. The van der Waals surface area contributed by atoms with Crippen LogP contribution in [0.4, 0.5) is 0 Å². The van der Waals surface area contributed by atoms with Crippen molar-refractivity contribution in [2.45, 2.75) is 0 Å². The van der Waals surface area contributed by atoms with Crippen LogP contribution in [0.3, 0.4) is 0 Å². The molecule has 54 heavy (non-hydrogen) atoms. The van der Waals surface area contributed by atoms with Gasteiger partial charge in [-0.2, -0.15) is 0 Å². The Kier molecular flexibility index (Phi) is 6.97. The largest absolute Gasteiger partial charge is 0.0622 e. The molecule has 250 valence electrons. The Morgan fingerprint density at radius 3 is 1.48 bits per heavy atom. The number of hydrogen-bond donors (Lipinski definition) is 0. The molecule has 0 atom stereocenters. The van der Waals surface area contributed by atoms with Gasteiger partial charge < -0.3 is 0 Å². The van der Waals surface area contributed by atoms with Gasteiger partial charge in [-0.25, -0.2) is 0 Å². The molecular weight excluding hydrogens is 649 g/mol. The Hall–Kier alpha value is -7.02. The van der Waals surface area contributed by atoms with E-state index in [1.165, 1.54) is 110 Å². The van der Waals surface area contributed by atoms with E-state index in [-0.39, 0.29) is 0 Å². The first-order valence-corrected chi connectivity index (χ1v) is 18.8. The van der Waals surface area contributed by atoms with E-state index in [1.54, 1.807) is 0 Å². The zero-order chi connectivity index (χ0) is 35.6. The van der Waals surface area contributed by atoms with E-state index in [0.29, 0.717) is 0 Å². The second-order valence-electron chi connectivity index (χ2n) is 14.4. The van der Waals surface area contributed by atoms with Crippen molar-refractivity contribution in [3.63, 3.8) is 0 Å². The highest BCUT2D eigenvalue weighted by Crippen LogP contribution is 2.50. The number of benzene rings is 10. The fraction of sp³-hybridized carbons (Fsp3) is 0. The SMILES string of the molecule is C(=Cc1ccc(-c2ccccc2)c2ccccc12)c1ccc(-c2c3ccccc3c(-c3ccc4c(c3)-c3cccc5cccc-4c35)c3ccccc23)cc1. The minimum Gasteiger partial charge on any atom is -0.0622 e. The summed E-state index contributed by atoms with van der Waals surface area (Å²) in [5.74, 6) is 0. The predicted octanol–water partition coefficient (Wildman–Crippen LogP) is 15.1. The quantitative estimate of drug-likeness (QED) is 0.125. The topological polar surface area (TPSA) is 0 Å². The molecule has 0 aliphatic heterocycles. The van der Waals surface area contributed by atoms with Gasteiger partial charge in [0.2, 0.25) is 0 Å². The van der Waals surface area contributed by atoms with Crippen molar-refractivity contribution >= 4 is 55.2 Å². The van der Waals surface area contributed by atoms with Crippen molar-refractivity contribution in [1.82, 2.24) is 0 Å². The van der Waals surface area contributed by atoms with Crippen molar-refractivity contribution in [2.75, 3.05) is 0 Å². The Balaban J connectivity index is 1.00. The van der Waals surface area contributed by atoms with E-state index in [4.69, 9.17) is 0 Å². The summed E-state index contributed by atoms with van der Waals surface area (Å²) in [4.78, 5) is 0. The summed E-state index contributed by atoms with van der Waals surface area (Å²) >= 11 is 0. The van der Waals surface area contributed by atoms with E-state index in [9.17, 15) is 0 Å². The standard InChI is InChI=1S/C54H34/c1-2-12-36(13-3-1)42-32-30-37(41-16-4-5-17-43(41)42)27-24-35-25-28-39(29-26-35)53-46-18-6-8-20-48(46)54(49-21-9-7-19-47(49)53)40-31-33-44-45-22-10-14-38-15-11-23-50(52(38)45)51(44)34-40/h1-34H. The molecule has 0 bridgehead atoms. The summed E-state index contributed by atoms with van der Waals surface area (Å²) < 4.78 is 0. The van der Waals surface area contributed by atoms with E-state index in [1.807, 2.05) is 0 Å². The molecule has 0 nitrogen and oxygen atoms in total. The smallest absolute Gasteiger partial charge is 0.00261 e. The number of fused-ring (bicyclic) bond motifs is 6. The summed E-state index contributed by atoms with van der Waals surface area (Å²) in [6.45, 7) is 0. The van der Waals surface area contributed by atoms with Crippen LogP contribution in [0.15, 0.2) is 194 Å². The third kappa shape index (κ3) is 4.78. The maximum atomic E-state index is 2.43. The van der Waals surface area contributed by atoms with Crippen LogP contribution in [-0.2, 0) is 0 Å². The highest BCUT2D eigenvalue weighted by Gasteiger charge is 2.23. The fourth-order valence-corrected chi connectivity index (χ4v) is 8.98. The van der Waals surface area contributed by atoms with E-state index in [2.05, 4.69) is 206 Å². The van der Waals surface area contributed by atoms with Crippen LogP contribution < -0.4 is 0 Å². The molecular formula is C54H34. The first-order valence-electron chi connectivity index (χ1n) is 18.8. The lowest BCUT2D eigenvalue weighted by Crippen LogP contribution is -1.91. The Morgan fingerprint density at radius 2 is 0.815 bits per heavy atom. The van der Waals surface area contributed by atoms with Crippen LogP contribution in [0.5, 0.6) is 0 Å². The highest BCUT2D eigenvalue weighted by molar-refractivity contribution is 6.22. The van der Waals surface area contributed by atoms with Crippen LogP contribution in [0.1, 0.15) is 11.1 Å². The Labute approximate surface area is 314 Å². The minimum atomic E-state index is 1.18.